The Morgan fingerprint density at radius 2 is 1.88 bits per heavy atom. The van der Waals surface area contributed by atoms with Gasteiger partial charge in [0.25, 0.3) is 5.91 Å². The number of carbonyl (C=O) groups excluding carboxylic acids is 1. The second kappa shape index (κ2) is 6.54. The van der Waals surface area contributed by atoms with Crippen LogP contribution in [-0.4, -0.2) is 28.0 Å². The van der Waals surface area contributed by atoms with E-state index < -0.39 is 10.0 Å². The number of amides is 1. The van der Waals surface area contributed by atoms with Crippen molar-refractivity contribution >= 4 is 22.0 Å². The van der Waals surface area contributed by atoms with Gasteiger partial charge in [0, 0.05) is 17.8 Å². The molecule has 124 valence electrons. The van der Waals surface area contributed by atoms with Gasteiger partial charge in [0.1, 0.15) is 5.75 Å². The number of ether oxygens (including phenoxy) is 1. The molecule has 0 bridgehead atoms. The van der Waals surface area contributed by atoms with E-state index in [0.29, 0.717) is 17.0 Å². The maximum absolute atomic E-state index is 12.3. The molecule has 1 N–H and O–H groups in total. The summed E-state index contributed by atoms with van der Waals surface area (Å²) in [6.45, 7) is 0.277. The molecule has 1 amide bonds. The maximum Gasteiger partial charge on any atom is 0.270 e. The minimum atomic E-state index is -3.63. The van der Waals surface area contributed by atoms with Crippen LogP contribution >= 0.6 is 0 Å². The van der Waals surface area contributed by atoms with Crippen molar-refractivity contribution < 1.29 is 17.9 Å². The summed E-state index contributed by atoms with van der Waals surface area (Å²) in [5.41, 5.74) is 1.00. The molecule has 0 atom stereocenters. The highest BCUT2D eigenvalue weighted by atomic mass is 32.2. The topological polar surface area (TPSA) is 84.8 Å². The number of fused-ring (bicyclic) bond motifs is 1. The molecule has 7 heteroatoms. The number of benzene rings is 2. The number of methoxy groups -OCH3 is 1. The van der Waals surface area contributed by atoms with E-state index in [1.54, 1.807) is 7.11 Å². The van der Waals surface area contributed by atoms with Gasteiger partial charge in [-0.2, -0.15) is 0 Å². The average Bonchev–Trinajstić information content (AvgIpc) is 2.94. The molecule has 2 aromatic rings. The molecule has 6 nitrogen and oxygen atoms in total. The van der Waals surface area contributed by atoms with Crippen LogP contribution in [-0.2, 0) is 21.2 Å². The molecule has 0 spiro atoms. The second-order valence-corrected chi connectivity index (χ2v) is 7.08. The predicted molar refractivity (Wildman–Crippen MR) is 88.6 cm³/mol. The van der Waals surface area contributed by atoms with E-state index in [9.17, 15) is 13.2 Å². The van der Waals surface area contributed by atoms with Gasteiger partial charge in [-0.1, -0.05) is 12.1 Å². The molecule has 24 heavy (non-hydrogen) atoms. The van der Waals surface area contributed by atoms with Crippen LogP contribution in [0.2, 0.25) is 0 Å². The Balaban J connectivity index is 1.68. The number of rotatable bonds is 6. The van der Waals surface area contributed by atoms with Gasteiger partial charge >= 0.3 is 0 Å². The first kappa shape index (κ1) is 16.4. The molecular formula is C17H16N2O4S. The maximum atomic E-state index is 12.3. The van der Waals surface area contributed by atoms with Crippen LogP contribution in [0.3, 0.4) is 0 Å². The normalized spacial score (nSPS) is 13.1. The molecule has 0 saturated carbocycles. The van der Waals surface area contributed by atoms with Gasteiger partial charge in [-0.3, -0.25) is 4.79 Å². The molecule has 1 heterocycles. The first-order valence-corrected chi connectivity index (χ1v) is 8.83. The molecule has 3 rings (SSSR count). The van der Waals surface area contributed by atoms with Gasteiger partial charge in [0.05, 0.1) is 17.4 Å². The lowest BCUT2D eigenvalue weighted by atomic mass is 10.1. The van der Waals surface area contributed by atoms with E-state index in [4.69, 9.17) is 4.74 Å². The van der Waals surface area contributed by atoms with E-state index in [0.717, 1.165) is 11.3 Å². The van der Waals surface area contributed by atoms with Crippen LogP contribution in [0.4, 0.5) is 0 Å². The summed E-state index contributed by atoms with van der Waals surface area (Å²) in [4.78, 5) is 15.1. The zero-order valence-electron chi connectivity index (χ0n) is 13.0. The van der Waals surface area contributed by atoms with Gasteiger partial charge in [0.15, 0.2) is 0 Å². The molecule has 2 aromatic carbocycles. The Labute approximate surface area is 139 Å². The highest BCUT2D eigenvalue weighted by Crippen LogP contribution is 2.11. The Kier molecular flexibility index (Phi) is 4.46. The Bertz CT molecular complexity index is 996. The van der Waals surface area contributed by atoms with Crippen molar-refractivity contribution in [3.63, 3.8) is 0 Å². The first-order chi connectivity index (χ1) is 11.5. The quantitative estimate of drug-likeness (QED) is 0.809. The van der Waals surface area contributed by atoms with Gasteiger partial charge in [0.2, 0.25) is 10.0 Å². The van der Waals surface area contributed by atoms with Crippen LogP contribution in [0.1, 0.15) is 5.56 Å². The lowest BCUT2D eigenvalue weighted by Gasteiger charge is -2.07. The van der Waals surface area contributed by atoms with E-state index in [1.807, 2.05) is 24.3 Å². The number of nitrogens with zero attached hydrogens (tertiary/aromatic N) is 1. The van der Waals surface area contributed by atoms with Crippen molar-refractivity contribution in [1.29, 1.82) is 0 Å². The fraction of sp³-hybridized carbons (Fsp3) is 0.176. The lowest BCUT2D eigenvalue weighted by Crippen LogP contribution is -2.29. The summed E-state index contributed by atoms with van der Waals surface area (Å²) >= 11 is 0. The third-order valence-corrected chi connectivity index (χ3v) is 5.14. The highest BCUT2D eigenvalue weighted by Gasteiger charge is 2.15. The lowest BCUT2D eigenvalue weighted by molar-refractivity contribution is -0.112. The number of hydrogen-bond donors (Lipinski definition) is 1. The average molecular weight is 344 g/mol. The fourth-order valence-corrected chi connectivity index (χ4v) is 3.47. The molecule has 0 radical (unpaired) electrons. The largest absolute Gasteiger partial charge is 0.497 e. The van der Waals surface area contributed by atoms with Crippen molar-refractivity contribution in [3.05, 3.63) is 58.6 Å². The molecule has 1 aliphatic heterocycles. The smallest absolute Gasteiger partial charge is 0.270 e. The Morgan fingerprint density at radius 3 is 2.58 bits per heavy atom. The molecule has 0 aromatic heterocycles. The third kappa shape index (κ3) is 3.52. The molecule has 0 saturated heterocycles. The minimum Gasteiger partial charge on any atom is -0.497 e. The zero-order valence-corrected chi connectivity index (χ0v) is 13.8. The SMILES string of the molecule is COc1ccc(CCNS(=O)(=O)c2ccc3c(c2)=CC(=O)N=3)cc1. The molecule has 0 unspecified atom stereocenters. The van der Waals surface area contributed by atoms with Crippen molar-refractivity contribution in [3.8, 4) is 5.75 Å². The van der Waals surface area contributed by atoms with Crippen LogP contribution in [0, 0.1) is 0 Å². The molecule has 0 fully saturated rings. The zero-order chi connectivity index (χ0) is 17.2. The van der Waals surface area contributed by atoms with E-state index in [2.05, 4.69) is 9.71 Å². The predicted octanol–water partition coefficient (Wildman–Crippen LogP) is 0.157. The Hall–Kier alpha value is -2.51. The van der Waals surface area contributed by atoms with E-state index >= 15 is 0 Å². The molecular weight excluding hydrogens is 328 g/mol. The summed E-state index contributed by atoms with van der Waals surface area (Å²) < 4.78 is 32.3. The fourth-order valence-electron chi connectivity index (χ4n) is 2.41. The summed E-state index contributed by atoms with van der Waals surface area (Å²) in [7, 11) is -2.03. The van der Waals surface area contributed by atoms with Gasteiger partial charge in [-0.05, 0) is 42.3 Å². The van der Waals surface area contributed by atoms with Crippen molar-refractivity contribution in [1.82, 2.24) is 4.72 Å². The van der Waals surface area contributed by atoms with Crippen LogP contribution in [0.5, 0.6) is 5.75 Å². The van der Waals surface area contributed by atoms with Gasteiger partial charge in [-0.25, -0.2) is 18.1 Å². The van der Waals surface area contributed by atoms with Crippen molar-refractivity contribution in [2.75, 3.05) is 13.7 Å². The van der Waals surface area contributed by atoms with Crippen LogP contribution in [0.25, 0.3) is 6.08 Å². The number of carbonyl (C=O) groups is 1. The number of hydrogen-bond acceptors (Lipinski definition) is 4. The summed E-state index contributed by atoms with van der Waals surface area (Å²) in [6.07, 6.45) is 1.89. The summed E-state index contributed by atoms with van der Waals surface area (Å²) in [5.74, 6) is 0.390. The second-order valence-electron chi connectivity index (χ2n) is 5.31. The van der Waals surface area contributed by atoms with Crippen LogP contribution in [0.15, 0.2) is 52.4 Å². The highest BCUT2D eigenvalue weighted by molar-refractivity contribution is 7.89. The van der Waals surface area contributed by atoms with E-state index in [1.165, 1.54) is 24.3 Å². The van der Waals surface area contributed by atoms with Crippen molar-refractivity contribution in [2.45, 2.75) is 11.3 Å². The Morgan fingerprint density at radius 1 is 1.12 bits per heavy atom. The number of nitrogens with one attached hydrogen (secondary N) is 1. The van der Waals surface area contributed by atoms with Gasteiger partial charge in [-0.15, -0.1) is 0 Å². The standard InChI is InChI=1S/C17H16N2O4S/c1-23-14-4-2-12(3-5-14)8-9-18-24(21,22)15-6-7-16-13(10-15)11-17(20)19-16/h2-7,10-11,18H,8-9H2,1H3. The van der Waals surface area contributed by atoms with Crippen LogP contribution < -0.4 is 20.0 Å². The monoisotopic (exact) mass is 344 g/mol. The molecule has 0 aliphatic carbocycles. The van der Waals surface area contributed by atoms with Gasteiger partial charge < -0.3 is 4.74 Å². The van der Waals surface area contributed by atoms with E-state index in [-0.39, 0.29) is 17.3 Å². The molecule has 1 aliphatic rings. The summed E-state index contributed by atoms with van der Waals surface area (Å²) in [5, 5.41) is 1.02. The van der Waals surface area contributed by atoms with Crippen molar-refractivity contribution in [2.24, 2.45) is 4.99 Å². The first-order valence-electron chi connectivity index (χ1n) is 7.35. The minimum absolute atomic E-state index is 0.122. The summed E-state index contributed by atoms with van der Waals surface area (Å²) in [6, 6.07) is 11.9. The third-order valence-electron chi connectivity index (χ3n) is 3.68. The number of sulfonamides is 1.